The molecule has 0 fully saturated rings. The van der Waals surface area contributed by atoms with Crippen molar-refractivity contribution in [2.45, 2.75) is 84.7 Å². The highest BCUT2D eigenvalue weighted by Crippen LogP contribution is 2.29. The Hall–Kier alpha value is -3.86. The second kappa shape index (κ2) is 14.7. The molecule has 5 nitrogen and oxygen atoms in total. The summed E-state index contributed by atoms with van der Waals surface area (Å²) in [6, 6.07) is 24.0. The molecule has 4 aromatic rings. The number of aryl methyl sites for hydroxylation is 1. The standard InChI is InChI=1S/C36H43NO4/c1-4-5-6-7-13-34(28-17-15-27(16-18-28)24-26(2)3)41-31-21-19-29(20-22-31)36(40)32-25-30(11-10-14-35(38)39)37-23-9-8-12-33(32)37/h8-9,12,15-23,25-26,34H,4-7,10-11,13-14,24H2,1-3H3,(H,38,39). The van der Waals surface area contributed by atoms with E-state index in [1.807, 2.05) is 59.1 Å². The highest BCUT2D eigenvalue weighted by atomic mass is 16.5. The number of carbonyl (C=O) groups excluding carboxylic acids is 1. The molecule has 1 unspecified atom stereocenters. The molecule has 0 aliphatic heterocycles. The van der Waals surface area contributed by atoms with Crippen LogP contribution >= 0.6 is 0 Å². The first kappa shape index (κ1) is 30.1. The highest BCUT2D eigenvalue weighted by Gasteiger charge is 2.18. The summed E-state index contributed by atoms with van der Waals surface area (Å²) < 4.78 is 8.50. The molecule has 0 saturated heterocycles. The van der Waals surface area contributed by atoms with Gasteiger partial charge in [-0.05, 0) is 91.6 Å². The Balaban J connectivity index is 1.50. The monoisotopic (exact) mass is 553 g/mol. The Bertz CT molecular complexity index is 1420. The fraction of sp³-hybridized carbons (Fsp3) is 0.389. The molecule has 216 valence electrons. The molecule has 0 spiro atoms. The minimum Gasteiger partial charge on any atom is -0.486 e. The van der Waals surface area contributed by atoms with Gasteiger partial charge in [0.25, 0.3) is 0 Å². The van der Waals surface area contributed by atoms with E-state index in [-0.39, 0.29) is 18.3 Å². The topological polar surface area (TPSA) is 68.0 Å². The lowest BCUT2D eigenvalue weighted by Gasteiger charge is -2.20. The summed E-state index contributed by atoms with van der Waals surface area (Å²) >= 11 is 0. The van der Waals surface area contributed by atoms with Gasteiger partial charge in [0.05, 0.1) is 5.52 Å². The molecule has 0 amide bonds. The Labute approximate surface area is 244 Å². The molecule has 2 aromatic carbocycles. The van der Waals surface area contributed by atoms with Gasteiger partial charge in [-0.25, -0.2) is 0 Å². The zero-order chi connectivity index (χ0) is 29.2. The first-order valence-corrected chi connectivity index (χ1v) is 15.1. The van der Waals surface area contributed by atoms with Gasteiger partial charge in [0, 0.05) is 29.4 Å². The van der Waals surface area contributed by atoms with Crippen molar-refractivity contribution in [1.29, 1.82) is 0 Å². The van der Waals surface area contributed by atoms with Crippen molar-refractivity contribution < 1.29 is 19.4 Å². The van der Waals surface area contributed by atoms with E-state index in [9.17, 15) is 9.59 Å². The average Bonchev–Trinajstić information content (AvgIpc) is 3.33. The average molecular weight is 554 g/mol. The molecule has 5 heteroatoms. The maximum Gasteiger partial charge on any atom is 0.303 e. The number of benzene rings is 2. The number of fused-ring (bicyclic) bond motifs is 1. The fourth-order valence-electron chi connectivity index (χ4n) is 5.41. The van der Waals surface area contributed by atoms with Crippen molar-refractivity contribution in [3.63, 3.8) is 0 Å². The number of carboxylic acid groups (broad SMARTS) is 1. The number of rotatable bonds is 16. The maximum absolute atomic E-state index is 13.6. The van der Waals surface area contributed by atoms with Crippen LogP contribution in [0.5, 0.6) is 5.75 Å². The van der Waals surface area contributed by atoms with Gasteiger partial charge in [-0.2, -0.15) is 0 Å². The number of pyridine rings is 1. The van der Waals surface area contributed by atoms with Crippen molar-refractivity contribution in [1.82, 2.24) is 4.40 Å². The van der Waals surface area contributed by atoms with Gasteiger partial charge in [-0.3, -0.25) is 9.59 Å². The third-order valence-corrected chi connectivity index (χ3v) is 7.53. The molecule has 1 N–H and O–H groups in total. The zero-order valence-corrected chi connectivity index (χ0v) is 24.6. The van der Waals surface area contributed by atoms with E-state index in [1.54, 1.807) is 0 Å². The van der Waals surface area contributed by atoms with Crippen LogP contribution in [0.4, 0.5) is 0 Å². The van der Waals surface area contributed by atoms with Crippen LogP contribution < -0.4 is 4.74 Å². The lowest BCUT2D eigenvalue weighted by molar-refractivity contribution is -0.137. The van der Waals surface area contributed by atoms with Crippen molar-refractivity contribution in [2.75, 3.05) is 0 Å². The van der Waals surface area contributed by atoms with Gasteiger partial charge >= 0.3 is 5.97 Å². The number of aliphatic carboxylic acids is 1. The van der Waals surface area contributed by atoms with E-state index in [0.717, 1.165) is 36.2 Å². The fourth-order valence-corrected chi connectivity index (χ4v) is 5.41. The number of hydrogen-bond acceptors (Lipinski definition) is 3. The Kier molecular flexibility index (Phi) is 10.8. The smallest absolute Gasteiger partial charge is 0.303 e. The van der Waals surface area contributed by atoms with Crippen LogP contribution in [-0.2, 0) is 17.6 Å². The molecule has 41 heavy (non-hydrogen) atoms. The van der Waals surface area contributed by atoms with Gasteiger partial charge in [-0.15, -0.1) is 0 Å². The quantitative estimate of drug-likeness (QED) is 0.111. The van der Waals surface area contributed by atoms with E-state index in [0.29, 0.717) is 29.9 Å². The van der Waals surface area contributed by atoms with E-state index in [4.69, 9.17) is 9.84 Å². The second-order valence-corrected chi connectivity index (χ2v) is 11.4. The molecular weight excluding hydrogens is 510 g/mol. The number of carbonyl (C=O) groups is 2. The molecular formula is C36H43NO4. The van der Waals surface area contributed by atoms with E-state index in [1.165, 1.54) is 30.4 Å². The maximum atomic E-state index is 13.6. The predicted molar refractivity (Wildman–Crippen MR) is 165 cm³/mol. The molecule has 4 rings (SSSR count). The van der Waals surface area contributed by atoms with E-state index in [2.05, 4.69) is 45.0 Å². The van der Waals surface area contributed by atoms with Crippen LogP contribution in [0.25, 0.3) is 5.52 Å². The molecule has 0 bridgehead atoms. The number of ketones is 1. The summed E-state index contributed by atoms with van der Waals surface area (Å²) in [5.41, 5.74) is 5.53. The van der Waals surface area contributed by atoms with Crippen molar-refractivity contribution in [2.24, 2.45) is 5.92 Å². The van der Waals surface area contributed by atoms with Gasteiger partial charge in [0.1, 0.15) is 11.9 Å². The molecule has 2 aromatic heterocycles. The summed E-state index contributed by atoms with van der Waals surface area (Å²) in [5.74, 6) is 0.512. The van der Waals surface area contributed by atoms with Crippen LogP contribution in [-0.4, -0.2) is 21.3 Å². The van der Waals surface area contributed by atoms with Crippen molar-refractivity contribution in [3.8, 4) is 5.75 Å². The number of aromatic nitrogens is 1. The largest absolute Gasteiger partial charge is 0.486 e. The SMILES string of the molecule is CCCCCCC(Oc1ccc(C(=O)c2cc(CCCC(=O)O)n3ccccc23)cc1)c1ccc(CC(C)C)cc1. The molecule has 0 radical (unpaired) electrons. The Morgan fingerprint density at radius 1 is 0.902 bits per heavy atom. The summed E-state index contributed by atoms with van der Waals surface area (Å²) in [4.78, 5) is 24.6. The molecule has 0 saturated carbocycles. The summed E-state index contributed by atoms with van der Waals surface area (Å²) in [6.45, 7) is 6.70. The summed E-state index contributed by atoms with van der Waals surface area (Å²) in [6.07, 6.45) is 9.86. The van der Waals surface area contributed by atoms with Crippen molar-refractivity contribution >= 4 is 17.3 Å². The third kappa shape index (κ3) is 8.32. The van der Waals surface area contributed by atoms with Crippen LogP contribution in [0.3, 0.4) is 0 Å². The first-order valence-electron chi connectivity index (χ1n) is 15.1. The van der Waals surface area contributed by atoms with Gasteiger partial charge in [0.15, 0.2) is 5.78 Å². The van der Waals surface area contributed by atoms with Crippen LogP contribution in [0.2, 0.25) is 0 Å². The number of carboxylic acids is 1. The van der Waals surface area contributed by atoms with E-state index >= 15 is 0 Å². The van der Waals surface area contributed by atoms with Gasteiger partial charge in [0.2, 0.25) is 0 Å². The number of hydrogen-bond donors (Lipinski definition) is 1. The number of ether oxygens (including phenoxy) is 1. The third-order valence-electron chi connectivity index (χ3n) is 7.53. The lowest BCUT2D eigenvalue weighted by Crippen LogP contribution is -2.09. The molecule has 0 aliphatic carbocycles. The lowest BCUT2D eigenvalue weighted by atomic mass is 9.98. The summed E-state index contributed by atoms with van der Waals surface area (Å²) in [7, 11) is 0. The molecule has 0 aliphatic rings. The molecule has 2 heterocycles. The van der Waals surface area contributed by atoms with Crippen LogP contribution in [0, 0.1) is 5.92 Å². The highest BCUT2D eigenvalue weighted by molar-refractivity contribution is 6.13. The molecule has 1 atom stereocenters. The Morgan fingerprint density at radius 3 is 2.34 bits per heavy atom. The zero-order valence-electron chi connectivity index (χ0n) is 24.6. The first-order chi connectivity index (χ1) is 19.9. The number of unbranched alkanes of at least 4 members (excludes halogenated alkanes) is 3. The number of nitrogens with zero attached hydrogens (tertiary/aromatic N) is 1. The predicted octanol–water partition coefficient (Wildman–Crippen LogP) is 8.87. The minimum atomic E-state index is -0.809. The van der Waals surface area contributed by atoms with Gasteiger partial charge < -0.3 is 14.2 Å². The van der Waals surface area contributed by atoms with Crippen LogP contribution in [0.15, 0.2) is 79.0 Å². The minimum absolute atomic E-state index is 0.0368. The Morgan fingerprint density at radius 2 is 1.66 bits per heavy atom. The second-order valence-electron chi connectivity index (χ2n) is 11.4. The van der Waals surface area contributed by atoms with Crippen LogP contribution in [0.1, 0.15) is 105 Å². The summed E-state index contributed by atoms with van der Waals surface area (Å²) in [5, 5.41) is 9.02. The van der Waals surface area contributed by atoms with E-state index < -0.39 is 5.97 Å². The van der Waals surface area contributed by atoms with Crippen molar-refractivity contribution in [3.05, 3.63) is 107 Å². The van der Waals surface area contributed by atoms with Gasteiger partial charge in [-0.1, -0.05) is 70.4 Å². The normalized spacial score (nSPS) is 12.1.